The van der Waals surface area contributed by atoms with Crippen LogP contribution in [0.5, 0.6) is 0 Å². The maximum atomic E-state index is 11.9. The molecule has 2 N–H and O–H groups in total. The Bertz CT molecular complexity index is 793. The fourth-order valence-electron chi connectivity index (χ4n) is 2.05. The molecule has 0 bridgehead atoms. The van der Waals surface area contributed by atoms with Crippen molar-refractivity contribution in [1.29, 1.82) is 0 Å². The smallest absolute Gasteiger partial charge is 0.337 e. The normalized spacial score (nSPS) is 10.3. The first-order valence-corrected chi connectivity index (χ1v) is 7.53. The van der Waals surface area contributed by atoms with Gasteiger partial charge >= 0.3 is 5.97 Å². The fourth-order valence-corrected chi connectivity index (χ4v) is 2.05. The third kappa shape index (κ3) is 5.04. The number of esters is 1. The molecule has 0 aliphatic rings. The lowest BCUT2D eigenvalue weighted by atomic mass is 10.1. The summed E-state index contributed by atoms with van der Waals surface area (Å²) in [4.78, 5) is 34.7. The van der Waals surface area contributed by atoms with Crippen LogP contribution in [0.25, 0.3) is 6.08 Å². The lowest BCUT2D eigenvalue weighted by Crippen LogP contribution is -2.17. The van der Waals surface area contributed by atoms with Crippen molar-refractivity contribution in [2.75, 3.05) is 19.5 Å². The first-order valence-electron chi connectivity index (χ1n) is 7.53. The van der Waals surface area contributed by atoms with E-state index in [-0.39, 0.29) is 11.8 Å². The number of anilines is 1. The predicted octanol–water partition coefficient (Wildman–Crippen LogP) is 2.48. The van der Waals surface area contributed by atoms with E-state index in [9.17, 15) is 14.4 Å². The highest BCUT2D eigenvalue weighted by Gasteiger charge is 2.05. The average Bonchev–Trinajstić information content (AvgIpc) is 2.66. The van der Waals surface area contributed by atoms with Crippen molar-refractivity contribution < 1.29 is 19.1 Å². The molecule has 0 aliphatic heterocycles. The second-order valence-electron chi connectivity index (χ2n) is 5.09. The van der Waals surface area contributed by atoms with Crippen LogP contribution in [-0.2, 0) is 9.53 Å². The molecule has 0 radical (unpaired) electrons. The van der Waals surface area contributed by atoms with Crippen molar-refractivity contribution >= 4 is 29.5 Å². The van der Waals surface area contributed by atoms with Crippen LogP contribution in [0.4, 0.5) is 5.69 Å². The van der Waals surface area contributed by atoms with E-state index >= 15 is 0 Å². The summed E-state index contributed by atoms with van der Waals surface area (Å²) in [6.07, 6.45) is 3.04. The quantitative estimate of drug-likeness (QED) is 0.648. The lowest BCUT2D eigenvalue weighted by Gasteiger charge is -2.04. The van der Waals surface area contributed by atoms with E-state index in [2.05, 4.69) is 15.4 Å². The van der Waals surface area contributed by atoms with Gasteiger partial charge in [0.15, 0.2) is 0 Å². The van der Waals surface area contributed by atoms with Gasteiger partial charge in [-0.05, 0) is 48.0 Å². The highest BCUT2D eigenvalue weighted by Crippen LogP contribution is 2.11. The largest absolute Gasteiger partial charge is 0.465 e. The molecule has 2 amide bonds. The average molecular weight is 338 g/mol. The standard InChI is InChI=1S/C19H18N2O4/c1-20-18(23)14-6-3-13(4-7-14)5-12-17(22)21-16-10-8-15(9-11-16)19(24)25-2/h3-12H,1-2H3,(H,20,23)(H,21,22)/b12-5+. The Labute approximate surface area is 145 Å². The minimum atomic E-state index is -0.432. The zero-order valence-electron chi connectivity index (χ0n) is 13.9. The SMILES string of the molecule is CNC(=O)c1ccc(/C=C/C(=O)Nc2ccc(C(=O)OC)cc2)cc1. The maximum Gasteiger partial charge on any atom is 0.337 e. The molecular weight excluding hydrogens is 320 g/mol. The van der Waals surface area contributed by atoms with Gasteiger partial charge in [0.25, 0.3) is 5.91 Å². The van der Waals surface area contributed by atoms with Crippen LogP contribution in [0, 0.1) is 0 Å². The predicted molar refractivity (Wildman–Crippen MR) is 95.3 cm³/mol. The zero-order valence-corrected chi connectivity index (χ0v) is 13.9. The van der Waals surface area contributed by atoms with Crippen LogP contribution < -0.4 is 10.6 Å². The molecule has 128 valence electrons. The Morgan fingerprint density at radius 1 is 0.920 bits per heavy atom. The van der Waals surface area contributed by atoms with E-state index in [1.54, 1.807) is 61.7 Å². The molecule has 0 atom stereocenters. The summed E-state index contributed by atoms with van der Waals surface area (Å²) in [5.74, 6) is -0.900. The first kappa shape index (κ1) is 17.9. The van der Waals surface area contributed by atoms with Gasteiger partial charge < -0.3 is 15.4 Å². The molecule has 25 heavy (non-hydrogen) atoms. The number of hydrogen-bond acceptors (Lipinski definition) is 4. The van der Waals surface area contributed by atoms with Crippen LogP contribution in [-0.4, -0.2) is 31.9 Å². The van der Waals surface area contributed by atoms with E-state index < -0.39 is 5.97 Å². The van der Waals surface area contributed by atoms with Crippen LogP contribution >= 0.6 is 0 Å². The monoisotopic (exact) mass is 338 g/mol. The number of benzene rings is 2. The Balaban J connectivity index is 1.96. The summed E-state index contributed by atoms with van der Waals surface area (Å²) in [7, 11) is 2.88. The molecule has 0 aliphatic carbocycles. The van der Waals surface area contributed by atoms with Crippen LogP contribution in [0.15, 0.2) is 54.6 Å². The summed E-state index contributed by atoms with van der Waals surface area (Å²) in [6, 6.07) is 13.3. The lowest BCUT2D eigenvalue weighted by molar-refractivity contribution is -0.111. The van der Waals surface area contributed by atoms with E-state index in [4.69, 9.17) is 0 Å². The molecule has 0 aromatic heterocycles. The third-order valence-electron chi connectivity index (χ3n) is 3.40. The molecule has 2 aromatic rings. The van der Waals surface area contributed by atoms with Gasteiger partial charge in [0.2, 0.25) is 5.91 Å². The maximum absolute atomic E-state index is 11.9. The molecule has 2 rings (SSSR count). The summed E-state index contributed by atoms with van der Waals surface area (Å²) < 4.78 is 4.61. The van der Waals surface area contributed by atoms with Crippen LogP contribution in [0.1, 0.15) is 26.3 Å². The summed E-state index contributed by atoms with van der Waals surface area (Å²) in [5.41, 5.74) is 2.32. The highest BCUT2D eigenvalue weighted by molar-refractivity contribution is 6.02. The van der Waals surface area contributed by atoms with E-state index in [1.165, 1.54) is 13.2 Å². The molecule has 0 spiro atoms. The molecule has 0 fully saturated rings. The number of carbonyl (C=O) groups is 3. The minimum Gasteiger partial charge on any atom is -0.465 e. The Morgan fingerprint density at radius 3 is 2.08 bits per heavy atom. The second-order valence-corrected chi connectivity index (χ2v) is 5.09. The molecule has 6 heteroatoms. The van der Waals surface area contributed by atoms with E-state index in [0.29, 0.717) is 16.8 Å². The first-order chi connectivity index (χ1) is 12.0. The van der Waals surface area contributed by atoms with Crippen molar-refractivity contribution in [2.24, 2.45) is 0 Å². The number of carbonyl (C=O) groups excluding carboxylic acids is 3. The molecule has 0 unspecified atom stereocenters. The zero-order chi connectivity index (χ0) is 18.2. The van der Waals surface area contributed by atoms with Gasteiger partial charge in [-0.2, -0.15) is 0 Å². The highest BCUT2D eigenvalue weighted by atomic mass is 16.5. The number of ether oxygens (including phenoxy) is 1. The third-order valence-corrected chi connectivity index (χ3v) is 3.40. The summed E-state index contributed by atoms with van der Waals surface area (Å²) >= 11 is 0. The van der Waals surface area contributed by atoms with Gasteiger partial charge in [-0.1, -0.05) is 12.1 Å². The molecule has 0 saturated heterocycles. The molecular formula is C19H18N2O4. The van der Waals surface area contributed by atoms with Crippen molar-refractivity contribution in [1.82, 2.24) is 5.32 Å². The number of rotatable bonds is 5. The number of nitrogens with one attached hydrogen (secondary N) is 2. The van der Waals surface area contributed by atoms with Gasteiger partial charge in [0.05, 0.1) is 12.7 Å². The van der Waals surface area contributed by atoms with Crippen molar-refractivity contribution in [3.8, 4) is 0 Å². The van der Waals surface area contributed by atoms with Gasteiger partial charge in [-0.15, -0.1) is 0 Å². The number of hydrogen-bond donors (Lipinski definition) is 2. The van der Waals surface area contributed by atoms with Crippen molar-refractivity contribution in [3.05, 3.63) is 71.3 Å². The molecule has 0 heterocycles. The Morgan fingerprint density at radius 2 is 1.52 bits per heavy atom. The van der Waals surface area contributed by atoms with Crippen molar-refractivity contribution in [3.63, 3.8) is 0 Å². The molecule has 2 aromatic carbocycles. The van der Waals surface area contributed by atoms with Gasteiger partial charge in [0, 0.05) is 24.4 Å². The van der Waals surface area contributed by atoms with Crippen LogP contribution in [0.3, 0.4) is 0 Å². The summed E-state index contributed by atoms with van der Waals surface area (Å²) in [6.45, 7) is 0. The number of amides is 2. The topological polar surface area (TPSA) is 84.5 Å². The second kappa shape index (κ2) is 8.44. The molecule has 6 nitrogen and oxygen atoms in total. The minimum absolute atomic E-state index is 0.163. The van der Waals surface area contributed by atoms with Gasteiger partial charge in [-0.25, -0.2) is 4.79 Å². The number of methoxy groups -OCH3 is 1. The molecule has 0 saturated carbocycles. The Hall–Kier alpha value is -3.41. The van der Waals surface area contributed by atoms with E-state index in [1.807, 2.05) is 0 Å². The summed E-state index contributed by atoms with van der Waals surface area (Å²) in [5, 5.41) is 5.24. The van der Waals surface area contributed by atoms with Gasteiger partial charge in [0.1, 0.15) is 0 Å². The van der Waals surface area contributed by atoms with Crippen molar-refractivity contribution in [2.45, 2.75) is 0 Å². The fraction of sp³-hybridized carbons (Fsp3) is 0.105. The van der Waals surface area contributed by atoms with E-state index in [0.717, 1.165) is 5.56 Å². The van der Waals surface area contributed by atoms with Crippen LogP contribution in [0.2, 0.25) is 0 Å². The Kier molecular flexibility index (Phi) is 6.06. The van der Waals surface area contributed by atoms with Gasteiger partial charge in [-0.3, -0.25) is 9.59 Å².